The van der Waals surface area contributed by atoms with Crippen LogP contribution in [0.25, 0.3) is 5.57 Å². The number of aryl methyl sites for hydroxylation is 1. The summed E-state index contributed by atoms with van der Waals surface area (Å²) < 4.78 is 0. The van der Waals surface area contributed by atoms with Gasteiger partial charge in [-0.2, -0.15) is 0 Å². The summed E-state index contributed by atoms with van der Waals surface area (Å²) in [6, 6.07) is 8.96. The molecule has 0 atom stereocenters. The lowest BCUT2D eigenvalue weighted by Gasteiger charge is -2.20. The molecule has 0 radical (unpaired) electrons. The van der Waals surface area contributed by atoms with Crippen molar-refractivity contribution in [3.63, 3.8) is 0 Å². The van der Waals surface area contributed by atoms with E-state index in [4.69, 9.17) is 0 Å². The van der Waals surface area contributed by atoms with Crippen molar-refractivity contribution >= 4 is 5.57 Å². The van der Waals surface area contributed by atoms with Crippen LogP contribution in [0.4, 0.5) is 0 Å². The van der Waals surface area contributed by atoms with E-state index in [9.17, 15) is 0 Å². The molecular formula is C14H17N. The molecule has 2 aliphatic rings. The van der Waals surface area contributed by atoms with Gasteiger partial charge in [0.15, 0.2) is 0 Å². The molecule has 0 unspecified atom stereocenters. The second-order valence-corrected chi connectivity index (χ2v) is 4.52. The Bertz CT molecular complexity index is 404. The van der Waals surface area contributed by atoms with Crippen molar-refractivity contribution in [1.82, 2.24) is 5.32 Å². The highest BCUT2D eigenvalue weighted by Gasteiger charge is 2.18. The summed E-state index contributed by atoms with van der Waals surface area (Å²) in [5.41, 5.74) is 6.39. The average molecular weight is 199 g/mol. The molecule has 1 N–H and O–H groups in total. The lowest BCUT2D eigenvalue weighted by Crippen LogP contribution is -2.24. The van der Waals surface area contributed by atoms with Crippen LogP contribution in [0.1, 0.15) is 30.4 Å². The number of hydrogen-bond donors (Lipinski definition) is 1. The predicted octanol–water partition coefficient (Wildman–Crippen LogP) is 2.77. The highest BCUT2D eigenvalue weighted by Crippen LogP contribution is 2.33. The normalized spacial score (nSPS) is 20.5. The van der Waals surface area contributed by atoms with E-state index in [1.165, 1.54) is 31.2 Å². The number of hydrogen-bond acceptors (Lipinski definition) is 1. The van der Waals surface area contributed by atoms with Crippen LogP contribution in [0.3, 0.4) is 0 Å². The Hall–Kier alpha value is -1.08. The smallest absolute Gasteiger partial charge is 0.0170 e. The molecule has 0 saturated heterocycles. The monoisotopic (exact) mass is 199 g/mol. The minimum atomic E-state index is 1.11. The second kappa shape index (κ2) is 3.82. The molecule has 0 fully saturated rings. The van der Waals surface area contributed by atoms with Gasteiger partial charge in [0.2, 0.25) is 0 Å². The van der Waals surface area contributed by atoms with E-state index in [0.717, 1.165) is 13.1 Å². The molecule has 0 aromatic heterocycles. The minimum Gasteiger partial charge on any atom is -0.313 e. The highest BCUT2D eigenvalue weighted by molar-refractivity contribution is 5.73. The summed E-state index contributed by atoms with van der Waals surface area (Å²) in [7, 11) is 0. The van der Waals surface area contributed by atoms with E-state index in [0.29, 0.717) is 0 Å². The van der Waals surface area contributed by atoms with Gasteiger partial charge in [-0.05, 0) is 48.9 Å². The Morgan fingerprint density at radius 3 is 2.93 bits per heavy atom. The van der Waals surface area contributed by atoms with Crippen molar-refractivity contribution in [1.29, 1.82) is 0 Å². The molecule has 1 heteroatoms. The van der Waals surface area contributed by atoms with Gasteiger partial charge in [0, 0.05) is 6.54 Å². The van der Waals surface area contributed by atoms with Crippen LogP contribution in [0, 0.1) is 0 Å². The maximum atomic E-state index is 3.48. The van der Waals surface area contributed by atoms with Crippen molar-refractivity contribution in [2.75, 3.05) is 13.1 Å². The molecule has 0 spiro atoms. The van der Waals surface area contributed by atoms with Crippen LogP contribution in [-0.2, 0) is 6.42 Å². The van der Waals surface area contributed by atoms with Crippen LogP contribution in [0.2, 0.25) is 0 Å². The third-order valence-electron chi connectivity index (χ3n) is 3.58. The van der Waals surface area contributed by atoms with Gasteiger partial charge in [-0.15, -0.1) is 0 Å². The fourth-order valence-electron chi connectivity index (χ4n) is 2.83. The van der Waals surface area contributed by atoms with Crippen LogP contribution in [-0.4, -0.2) is 13.1 Å². The summed E-state index contributed by atoms with van der Waals surface area (Å²) in [4.78, 5) is 0. The van der Waals surface area contributed by atoms with Gasteiger partial charge in [0.25, 0.3) is 0 Å². The quantitative estimate of drug-likeness (QED) is 0.677. The fourth-order valence-corrected chi connectivity index (χ4v) is 2.83. The molecule has 1 aliphatic carbocycles. The Morgan fingerprint density at radius 2 is 1.93 bits per heavy atom. The third-order valence-corrected chi connectivity index (χ3v) is 3.58. The van der Waals surface area contributed by atoms with E-state index < -0.39 is 0 Å². The van der Waals surface area contributed by atoms with Crippen LogP contribution in [0.15, 0.2) is 29.8 Å². The van der Waals surface area contributed by atoms with Crippen LogP contribution < -0.4 is 5.32 Å². The molecule has 0 amide bonds. The minimum absolute atomic E-state index is 1.11. The molecule has 0 bridgehead atoms. The van der Waals surface area contributed by atoms with E-state index in [1.54, 1.807) is 16.7 Å². The SMILES string of the molecule is c1ccc2c(c1)CCCC1=C2CCNC1. The first-order valence-electron chi connectivity index (χ1n) is 5.95. The van der Waals surface area contributed by atoms with Gasteiger partial charge in [0.05, 0.1) is 0 Å². The molecule has 1 aliphatic heterocycles. The van der Waals surface area contributed by atoms with E-state index in [-0.39, 0.29) is 0 Å². The number of nitrogens with one attached hydrogen (secondary N) is 1. The molecule has 15 heavy (non-hydrogen) atoms. The van der Waals surface area contributed by atoms with E-state index in [1.807, 2.05) is 0 Å². The number of fused-ring (bicyclic) bond motifs is 2. The summed E-state index contributed by atoms with van der Waals surface area (Å²) in [6.45, 7) is 2.26. The standard InChI is InChI=1S/C14H17N/c1-2-7-13-11(4-1)5-3-6-12-10-15-9-8-14(12)13/h1-2,4,7,15H,3,5-6,8-10H2. The summed E-state index contributed by atoms with van der Waals surface area (Å²) in [5, 5.41) is 3.48. The first-order valence-corrected chi connectivity index (χ1v) is 5.95. The number of rotatable bonds is 0. The van der Waals surface area contributed by atoms with Gasteiger partial charge in [-0.3, -0.25) is 0 Å². The Morgan fingerprint density at radius 1 is 1.00 bits per heavy atom. The lowest BCUT2D eigenvalue weighted by atomic mass is 9.92. The molecular weight excluding hydrogens is 182 g/mol. The topological polar surface area (TPSA) is 12.0 Å². The molecule has 0 saturated carbocycles. The average Bonchev–Trinajstić information content (AvgIpc) is 2.48. The molecule has 78 valence electrons. The number of benzene rings is 1. The molecule has 1 aromatic rings. The highest BCUT2D eigenvalue weighted by atomic mass is 14.9. The summed E-state index contributed by atoms with van der Waals surface area (Å²) >= 11 is 0. The zero-order chi connectivity index (χ0) is 10.1. The van der Waals surface area contributed by atoms with E-state index >= 15 is 0 Å². The van der Waals surface area contributed by atoms with Crippen LogP contribution >= 0.6 is 0 Å². The van der Waals surface area contributed by atoms with Crippen molar-refractivity contribution in [2.45, 2.75) is 25.7 Å². The van der Waals surface area contributed by atoms with Gasteiger partial charge >= 0.3 is 0 Å². The molecule has 3 rings (SSSR count). The lowest BCUT2D eigenvalue weighted by molar-refractivity contribution is 0.682. The summed E-state index contributed by atoms with van der Waals surface area (Å²) in [6.07, 6.45) is 5.07. The van der Waals surface area contributed by atoms with Crippen LogP contribution in [0.5, 0.6) is 0 Å². The molecule has 1 nitrogen and oxygen atoms in total. The Balaban J connectivity index is 2.13. The van der Waals surface area contributed by atoms with Gasteiger partial charge in [-0.1, -0.05) is 29.8 Å². The molecule has 1 heterocycles. The van der Waals surface area contributed by atoms with Gasteiger partial charge < -0.3 is 5.32 Å². The predicted molar refractivity (Wildman–Crippen MR) is 63.8 cm³/mol. The van der Waals surface area contributed by atoms with Gasteiger partial charge in [-0.25, -0.2) is 0 Å². The maximum Gasteiger partial charge on any atom is 0.0170 e. The first-order chi connectivity index (χ1) is 7.45. The fraction of sp³-hybridized carbons (Fsp3) is 0.429. The van der Waals surface area contributed by atoms with Crippen molar-refractivity contribution < 1.29 is 0 Å². The van der Waals surface area contributed by atoms with Crippen molar-refractivity contribution in [2.24, 2.45) is 0 Å². The Labute approximate surface area is 91.2 Å². The zero-order valence-corrected chi connectivity index (χ0v) is 9.05. The van der Waals surface area contributed by atoms with Crippen molar-refractivity contribution in [3.8, 4) is 0 Å². The summed E-state index contributed by atoms with van der Waals surface area (Å²) in [5.74, 6) is 0. The third kappa shape index (κ3) is 1.61. The largest absolute Gasteiger partial charge is 0.313 e. The Kier molecular flexibility index (Phi) is 2.34. The first kappa shape index (κ1) is 9.17. The molecule has 1 aromatic carbocycles. The van der Waals surface area contributed by atoms with Crippen molar-refractivity contribution in [3.05, 3.63) is 41.0 Å². The van der Waals surface area contributed by atoms with Gasteiger partial charge in [0.1, 0.15) is 0 Å². The maximum absolute atomic E-state index is 3.48. The second-order valence-electron chi connectivity index (χ2n) is 4.52. The van der Waals surface area contributed by atoms with E-state index in [2.05, 4.69) is 29.6 Å². The zero-order valence-electron chi connectivity index (χ0n) is 9.05.